The smallest absolute Gasteiger partial charge is 0.259 e. The summed E-state index contributed by atoms with van der Waals surface area (Å²) in [5.74, 6) is -0.901. The fraction of sp³-hybridized carbons (Fsp3) is 0.0769. The molecule has 0 radical (unpaired) electrons. The third-order valence-electron chi connectivity index (χ3n) is 2.46. The van der Waals surface area contributed by atoms with Crippen LogP contribution in [0.25, 0.3) is 0 Å². The van der Waals surface area contributed by atoms with E-state index in [1.807, 2.05) is 0 Å². The van der Waals surface area contributed by atoms with E-state index in [0.717, 1.165) is 0 Å². The standard InChI is InChI=1S/C13H11ClFN3O/c1-16-12-2-3-17-7-11(12)13(19)18-10-5-8(14)4-9(15)6-10/h2-7H,1H3,(H,16,17)(H,18,19). The largest absolute Gasteiger partial charge is 0.387 e. The molecule has 4 nitrogen and oxygen atoms in total. The number of carbonyl (C=O) groups excluding carboxylic acids is 1. The third-order valence-corrected chi connectivity index (χ3v) is 2.67. The van der Waals surface area contributed by atoms with Crippen LogP contribution in [0, 0.1) is 5.82 Å². The van der Waals surface area contributed by atoms with Crippen LogP contribution in [0.3, 0.4) is 0 Å². The van der Waals surface area contributed by atoms with Crippen LogP contribution >= 0.6 is 11.6 Å². The number of hydrogen-bond donors (Lipinski definition) is 2. The Kier molecular flexibility index (Phi) is 3.97. The van der Waals surface area contributed by atoms with Gasteiger partial charge in [-0.05, 0) is 24.3 Å². The predicted molar refractivity (Wildman–Crippen MR) is 73.1 cm³/mol. The number of hydrogen-bond acceptors (Lipinski definition) is 3. The lowest BCUT2D eigenvalue weighted by Gasteiger charge is -2.09. The number of anilines is 2. The Morgan fingerprint density at radius 1 is 1.37 bits per heavy atom. The van der Waals surface area contributed by atoms with Crippen molar-refractivity contribution in [3.05, 3.63) is 53.1 Å². The summed E-state index contributed by atoms with van der Waals surface area (Å²) < 4.78 is 13.2. The highest BCUT2D eigenvalue weighted by Gasteiger charge is 2.11. The summed E-state index contributed by atoms with van der Waals surface area (Å²) in [6.07, 6.45) is 3.00. The second-order valence-corrected chi connectivity index (χ2v) is 4.22. The van der Waals surface area contributed by atoms with Gasteiger partial charge in [-0.3, -0.25) is 9.78 Å². The fourth-order valence-corrected chi connectivity index (χ4v) is 1.84. The van der Waals surface area contributed by atoms with Crippen LogP contribution < -0.4 is 10.6 Å². The molecule has 0 fully saturated rings. The lowest BCUT2D eigenvalue weighted by molar-refractivity contribution is 0.102. The molecule has 6 heteroatoms. The van der Waals surface area contributed by atoms with Gasteiger partial charge in [-0.25, -0.2) is 4.39 Å². The lowest BCUT2D eigenvalue weighted by atomic mass is 10.2. The molecule has 0 aliphatic carbocycles. The maximum absolute atomic E-state index is 13.2. The minimum atomic E-state index is -0.511. The number of nitrogens with zero attached hydrogens (tertiary/aromatic N) is 1. The van der Waals surface area contributed by atoms with Crippen molar-refractivity contribution in [3.63, 3.8) is 0 Å². The van der Waals surface area contributed by atoms with Crippen molar-refractivity contribution in [1.29, 1.82) is 0 Å². The van der Waals surface area contributed by atoms with Gasteiger partial charge in [-0.15, -0.1) is 0 Å². The Hall–Kier alpha value is -2.14. The molecule has 2 rings (SSSR count). The van der Waals surface area contributed by atoms with E-state index < -0.39 is 5.82 Å². The average molecular weight is 280 g/mol. The van der Waals surface area contributed by atoms with Gasteiger partial charge >= 0.3 is 0 Å². The number of amides is 1. The van der Waals surface area contributed by atoms with E-state index in [0.29, 0.717) is 16.9 Å². The molecule has 0 aliphatic rings. The van der Waals surface area contributed by atoms with Crippen LogP contribution in [-0.2, 0) is 0 Å². The van der Waals surface area contributed by atoms with Gasteiger partial charge in [0, 0.05) is 35.8 Å². The average Bonchev–Trinajstić information content (AvgIpc) is 2.37. The molecule has 19 heavy (non-hydrogen) atoms. The van der Waals surface area contributed by atoms with Crippen molar-refractivity contribution in [2.75, 3.05) is 17.7 Å². The summed E-state index contributed by atoms with van der Waals surface area (Å²) in [4.78, 5) is 15.9. The van der Waals surface area contributed by atoms with E-state index in [2.05, 4.69) is 15.6 Å². The summed E-state index contributed by atoms with van der Waals surface area (Å²) in [7, 11) is 1.70. The Morgan fingerprint density at radius 3 is 2.84 bits per heavy atom. The van der Waals surface area contributed by atoms with Crippen LogP contribution in [0.2, 0.25) is 5.02 Å². The number of benzene rings is 1. The monoisotopic (exact) mass is 279 g/mol. The number of nitrogens with one attached hydrogen (secondary N) is 2. The second kappa shape index (κ2) is 5.67. The Morgan fingerprint density at radius 2 is 2.16 bits per heavy atom. The molecule has 1 amide bonds. The molecule has 1 aromatic carbocycles. The lowest BCUT2D eigenvalue weighted by Crippen LogP contribution is -2.14. The van der Waals surface area contributed by atoms with Crippen molar-refractivity contribution < 1.29 is 9.18 Å². The molecular formula is C13H11ClFN3O. The van der Waals surface area contributed by atoms with Crippen molar-refractivity contribution in [3.8, 4) is 0 Å². The highest BCUT2D eigenvalue weighted by atomic mass is 35.5. The molecule has 1 aromatic heterocycles. The van der Waals surface area contributed by atoms with E-state index in [4.69, 9.17) is 11.6 Å². The van der Waals surface area contributed by atoms with Crippen molar-refractivity contribution in [1.82, 2.24) is 4.98 Å². The summed E-state index contributed by atoms with van der Waals surface area (Å²) in [6, 6.07) is 5.50. The Balaban J connectivity index is 2.25. The fourth-order valence-electron chi connectivity index (χ4n) is 1.62. The first-order chi connectivity index (χ1) is 9.10. The summed E-state index contributed by atoms with van der Waals surface area (Å²) in [5, 5.41) is 5.67. The SMILES string of the molecule is CNc1ccncc1C(=O)Nc1cc(F)cc(Cl)c1. The Bertz CT molecular complexity index is 598. The zero-order chi connectivity index (χ0) is 13.8. The zero-order valence-electron chi connectivity index (χ0n) is 10.1. The quantitative estimate of drug-likeness (QED) is 0.907. The second-order valence-electron chi connectivity index (χ2n) is 3.78. The number of pyridine rings is 1. The zero-order valence-corrected chi connectivity index (χ0v) is 10.8. The first-order valence-corrected chi connectivity index (χ1v) is 5.87. The molecule has 2 aromatic rings. The molecule has 0 atom stereocenters. The van der Waals surface area contributed by atoms with Gasteiger partial charge in [0.1, 0.15) is 5.82 Å². The normalized spacial score (nSPS) is 10.1. The molecule has 98 valence electrons. The van der Waals surface area contributed by atoms with E-state index in [9.17, 15) is 9.18 Å². The number of rotatable bonds is 3. The molecule has 0 unspecified atom stereocenters. The first-order valence-electron chi connectivity index (χ1n) is 5.49. The van der Waals surface area contributed by atoms with E-state index in [1.165, 1.54) is 24.4 Å². The molecule has 0 saturated heterocycles. The number of aromatic nitrogens is 1. The molecular weight excluding hydrogens is 269 g/mol. The van der Waals surface area contributed by atoms with Gasteiger partial charge in [-0.1, -0.05) is 11.6 Å². The summed E-state index contributed by atoms with van der Waals surface area (Å²) in [6.45, 7) is 0. The molecule has 2 N–H and O–H groups in total. The minimum absolute atomic E-state index is 0.218. The third kappa shape index (κ3) is 3.20. The van der Waals surface area contributed by atoms with Crippen molar-refractivity contribution >= 4 is 28.9 Å². The van der Waals surface area contributed by atoms with Crippen molar-refractivity contribution in [2.45, 2.75) is 0 Å². The maximum atomic E-state index is 13.2. The topological polar surface area (TPSA) is 54.0 Å². The number of carbonyl (C=O) groups is 1. The van der Waals surface area contributed by atoms with Crippen LogP contribution in [0.5, 0.6) is 0 Å². The van der Waals surface area contributed by atoms with E-state index in [-0.39, 0.29) is 10.9 Å². The van der Waals surface area contributed by atoms with Crippen LogP contribution in [-0.4, -0.2) is 17.9 Å². The molecule has 1 heterocycles. The van der Waals surface area contributed by atoms with Gasteiger partial charge in [0.2, 0.25) is 0 Å². The van der Waals surface area contributed by atoms with Gasteiger partial charge < -0.3 is 10.6 Å². The van der Waals surface area contributed by atoms with E-state index in [1.54, 1.807) is 19.3 Å². The Labute approximate surface area is 114 Å². The molecule has 0 aliphatic heterocycles. The molecule has 0 spiro atoms. The van der Waals surface area contributed by atoms with Crippen LogP contribution in [0.1, 0.15) is 10.4 Å². The van der Waals surface area contributed by atoms with Crippen LogP contribution in [0.15, 0.2) is 36.7 Å². The maximum Gasteiger partial charge on any atom is 0.259 e. The van der Waals surface area contributed by atoms with Gasteiger partial charge in [0.05, 0.1) is 5.56 Å². The molecule has 0 saturated carbocycles. The minimum Gasteiger partial charge on any atom is -0.387 e. The van der Waals surface area contributed by atoms with Gasteiger partial charge in [-0.2, -0.15) is 0 Å². The van der Waals surface area contributed by atoms with Gasteiger partial charge in [0.25, 0.3) is 5.91 Å². The summed E-state index contributed by atoms with van der Waals surface area (Å²) >= 11 is 5.72. The number of halogens is 2. The predicted octanol–water partition coefficient (Wildman–Crippen LogP) is 3.17. The van der Waals surface area contributed by atoms with E-state index >= 15 is 0 Å². The molecule has 0 bridgehead atoms. The highest BCUT2D eigenvalue weighted by Crippen LogP contribution is 2.20. The van der Waals surface area contributed by atoms with Crippen LogP contribution in [0.4, 0.5) is 15.8 Å². The van der Waals surface area contributed by atoms with Gasteiger partial charge in [0.15, 0.2) is 0 Å². The highest BCUT2D eigenvalue weighted by molar-refractivity contribution is 6.31. The summed E-state index contributed by atoms with van der Waals surface area (Å²) in [5.41, 5.74) is 1.29. The van der Waals surface area contributed by atoms with Crippen molar-refractivity contribution in [2.24, 2.45) is 0 Å². The first kappa shape index (κ1) is 13.3.